The molecule has 0 aliphatic carbocycles. The molecule has 0 saturated carbocycles. The van der Waals surface area contributed by atoms with Crippen LogP contribution in [-0.2, 0) is 6.54 Å². The third-order valence-electron chi connectivity index (χ3n) is 2.72. The van der Waals surface area contributed by atoms with Crippen LogP contribution in [0.5, 0.6) is 11.5 Å². The summed E-state index contributed by atoms with van der Waals surface area (Å²) in [6.07, 6.45) is 1.62. The molecule has 0 aromatic heterocycles. The number of hydrogen-bond donors (Lipinski definition) is 1. The monoisotopic (exact) mass is 353 g/mol. The SMILES string of the molecule is COc1cc(Br)c(O)c(C=NCc2ccc(Cl)cc2)c1. The van der Waals surface area contributed by atoms with Gasteiger partial charge in [-0.3, -0.25) is 4.99 Å². The van der Waals surface area contributed by atoms with Gasteiger partial charge >= 0.3 is 0 Å². The van der Waals surface area contributed by atoms with E-state index in [1.807, 2.05) is 24.3 Å². The van der Waals surface area contributed by atoms with E-state index in [-0.39, 0.29) is 5.75 Å². The Bertz CT molecular complexity index is 627. The molecule has 0 aliphatic rings. The lowest BCUT2D eigenvalue weighted by molar-refractivity contribution is 0.411. The van der Waals surface area contributed by atoms with Crippen molar-refractivity contribution in [1.29, 1.82) is 0 Å². The van der Waals surface area contributed by atoms with Crippen molar-refractivity contribution in [2.75, 3.05) is 7.11 Å². The lowest BCUT2D eigenvalue weighted by Gasteiger charge is -2.05. The number of rotatable bonds is 4. The van der Waals surface area contributed by atoms with E-state index < -0.39 is 0 Å². The summed E-state index contributed by atoms with van der Waals surface area (Å²) < 4.78 is 5.72. The Kier molecular flexibility index (Phi) is 5.04. The number of halogens is 2. The van der Waals surface area contributed by atoms with Gasteiger partial charge in [0.25, 0.3) is 0 Å². The first-order valence-corrected chi connectivity index (χ1v) is 7.08. The fourth-order valence-corrected chi connectivity index (χ4v) is 2.23. The lowest BCUT2D eigenvalue weighted by atomic mass is 10.2. The molecular weight excluding hydrogens is 342 g/mol. The van der Waals surface area contributed by atoms with Crippen molar-refractivity contribution in [3.05, 3.63) is 57.0 Å². The van der Waals surface area contributed by atoms with Gasteiger partial charge in [0.15, 0.2) is 0 Å². The second kappa shape index (κ2) is 6.77. The summed E-state index contributed by atoms with van der Waals surface area (Å²) in [5.74, 6) is 0.799. The number of ether oxygens (including phenoxy) is 1. The Balaban J connectivity index is 2.15. The van der Waals surface area contributed by atoms with Gasteiger partial charge < -0.3 is 9.84 Å². The molecule has 2 aromatic carbocycles. The topological polar surface area (TPSA) is 41.8 Å². The maximum Gasteiger partial charge on any atom is 0.138 e. The molecule has 20 heavy (non-hydrogen) atoms. The van der Waals surface area contributed by atoms with Crippen LogP contribution in [0.15, 0.2) is 45.9 Å². The summed E-state index contributed by atoms with van der Waals surface area (Å²) in [4.78, 5) is 4.31. The molecule has 0 amide bonds. The van der Waals surface area contributed by atoms with E-state index in [0.717, 1.165) is 5.56 Å². The van der Waals surface area contributed by atoms with Gasteiger partial charge in [0.05, 0.1) is 18.1 Å². The third kappa shape index (κ3) is 3.74. The summed E-state index contributed by atoms with van der Waals surface area (Å²) >= 11 is 9.10. The minimum absolute atomic E-state index is 0.144. The number of phenolic OH excluding ortho intramolecular Hbond substituents is 1. The van der Waals surface area contributed by atoms with Crippen LogP contribution < -0.4 is 4.74 Å². The molecule has 3 nitrogen and oxygen atoms in total. The quantitative estimate of drug-likeness (QED) is 0.825. The molecule has 0 atom stereocenters. The zero-order chi connectivity index (χ0) is 14.5. The molecule has 0 aliphatic heterocycles. The number of aliphatic imine (C=N–C) groups is 1. The van der Waals surface area contributed by atoms with Crippen LogP contribution >= 0.6 is 27.5 Å². The number of methoxy groups -OCH3 is 1. The normalized spacial score (nSPS) is 10.9. The van der Waals surface area contributed by atoms with Gasteiger partial charge in [-0.25, -0.2) is 0 Å². The van der Waals surface area contributed by atoms with Gasteiger partial charge in [0.2, 0.25) is 0 Å². The van der Waals surface area contributed by atoms with Crippen molar-refractivity contribution < 1.29 is 9.84 Å². The van der Waals surface area contributed by atoms with Gasteiger partial charge in [-0.1, -0.05) is 23.7 Å². The molecule has 0 radical (unpaired) electrons. The van der Waals surface area contributed by atoms with E-state index in [2.05, 4.69) is 20.9 Å². The molecule has 0 saturated heterocycles. The fourth-order valence-electron chi connectivity index (χ4n) is 1.65. The predicted molar refractivity (Wildman–Crippen MR) is 85.1 cm³/mol. The van der Waals surface area contributed by atoms with Crippen molar-refractivity contribution in [2.24, 2.45) is 4.99 Å². The largest absolute Gasteiger partial charge is 0.506 e. The first-order chi connectivity index (χ1) is 9.60. The van der Waals surface area contributed by atoms with Crippen LogP contribution in [-0.4, -0.2) is 18.4 Å². The highest BCUT2D eigenvalue weighted by atomic mass is 79.9. The van der Waals surface area contributed by atoms with E-state index >= 15 is 0 Å². The van der Waals surface area contributed by atoms with Gasteiger partial charge in [-0.05, 0) is 45.8 Å². The van der Waals surface area contributed by atoms with Crippen LogP contribution in [0, 0.1) is 0 Å². The summed E-state index contributed by atoms with van der Waals surface area (Å²) in [6.45, 7) is 0.519. The highest BCUT2D eigenvalue weighted by Crippen LogP contribution is 2.31. The number of hydrogen-bond acceptors (Lipinski definition) is 3. The van der Waals surface area contributed by atoms with Gasteiger partial charge in [-0.2, -0.15) is 0 Å². The van der Waals surface area contributed by atoms with Gasteiger partial charge in [0.1, 0.15) is 11.5 Å². The van der Waals surface area contributed by atoms with Crippen molar-refractivity contribution in [2.45, 2.75) is 6.54 Å². The molecule has 0 spiro atoms. The zero-order valence-electron chi connectivity index (χ0n) is 10.8. The molecule has 0 unspecified atom stereocenters. The van der Waals surface area contributed by atoms with E-state index in [1.54, 1.807) is 25.5 Å². The third-order valence-corrected chi connectivity index (χ3v) is 3.58. The first kappa shape index (κ1) is 14.9. The highest BCUT2D eigenvalue weighted by Gasteiger charge is 2.06. The summed E-state index contributed by atoms with van der Waals surface area (Å²) in [7, 11) is 1.58. The van der Waals surface area contributed by atoms with E-state index in [9.17, 15) is 5.11 Å². The molecule has 2 aromatic rings. The average molecular weight is 355 g/mol. The van der Waals surface area contributed by atoms with Crippen molar-refractivity contribution in [3.8, 4) is 11.5 Å². The number of nitrogens with zero attached hydrogens (tertiary/aromatic N) is 1. The summed E-state index contributed by atoms with van der Waals surface area (Å²) in [6, 6.07) is 10.9. The standard InChI is InChI=1S/C15H13BrClNO2/c1-20-13-6-11(15(19)14(16)7-13)9-18-8-10-2-4-12(17)5-3-10/h2-7,9,19H,8H2,1H3. The second-order valence-corrected chi connectivity index (χ2v) is 5.43. The minimum Gasteiger partial charge on any atom is -0.506 e. The maximum absolute atomic E-state index is 9.94. The number of aromatic hydroxyl groups is 1. The number of benzene rings is 2. The van der Waals surface area contributed by atoms with Gasteiger partial charge in [-0.15, -0.1) is 0 Å². The Morgan fingerprint density at radius 3 is 2.65 bits per heavy atom. The number of phenols is 1. The highest BCUT2D eigenvalue weighted by molar-refractivity contribution is 9.10. The Hall–Kier alpha value is -1.52. The molecule has 0 bridgehead atoms. The molecule has 0 heterocycles. The zero-order valence-corrected chi connectivity index (χ0v) is 13.1. The average Bonchev–Trinajstić information content (AvgIpc) is 2.45. The van der Waals surface area contributed by atoms with E-state index in [1.165, 1.54) is 0 Å². The Labute approximate surface area is 131 Å². The van der Waals surface area contributed by atoms with Crippen LogP contribution in [0.25, 0.3) is 0 Å². The Morgan fingerprint density at radius 1 is 1.30 bits per heavy atom. The van der Waals surface area contributed by atoms with Crippen LogP contribution in [0.4, 0.5) is 0 Å². The minimum atomic E-state index is 0.144. The fraction of sp³-hybridized carbons (Fsp3) is 0.133. The predicted octanol–water partition coefficient (Wildman–Crippen LogP) is 4.44. The molecular formula is C15H13BrClNO2. The van der Waals surface area contributed by atoms with E-state index in [4.69, 9.17) is 16.3 Å². The molecule has 2 rings (SSSR count). The van der Waals surface area contributed by atoms with Crippen LogP contribution in [0.2, 0.25) is 5.02 Å². The second-order valence-electron chi connectivity index (χ2n) is 4.14. The lowest BCUT2D eigenvalue weighted by Crippen LogP contribution is -1.90. The van der Waals surface area contributed by atoms with Crippen LogP contribution in [0.3, 0.4) is 0 Å². The van der Waals surface area contributed by atoms with Gasteiger partial charge in [0, 0.05) is 16.8 Å². The maximum atomic E-state index is 9.94. The van der Waals surface area contributed by atoms with Crippen LogP contribution in [0.1, 0.15) is 11.1 Å². The van der Waals surface area contributed by atoms with Crippen molar-refractivity contribution in [1.82, 2.24) is 0 Å². The molecule has 1 N–H and O–H groups in total. The summed E-state index contributed by atoms with van der Waals surface area (Å²) in [5, 5.41) is 10.6. The first-order valence-electron chi connectivity index (χ1n) is 5.91. The van der Waals surface area contributed by atoms with Crippen molar-refractivity contribution >= 4 is 33.7 Å². The molecule has 0 fully saturated rings. The molecule has 104 valence electrons. The van der Waals surface area contributed by atoms with Crippen molar-refractivity contribution in [3.63, 3.8) is 0 Å². The summed E-state index contributed by atoms with van der Waals surface area (Å²) in [5.41, 5.74) is 1.65. The van der Waals surface area contributed by atoms with E-state index in [0.29, 0.717) is 27.4 Å². The smallest absolute Gasteiger partial charge is 0.138 e. The molecule has 5 heteroatoms. The Morgan fingerprint density at radius 2 is 2.00 bits per heavy atom.